The second-order valence-electron chi connectivity index (χ2n) is 5.94. The topological polar surface area (TPSA) is 84.1 Å². The van der Waals surface area contributed by atoms with Crippen molar-refractivity contribution in [3.63, 3.8) is 0 Å². The average molecular weight is 291 g/mol. The van der Waals surface area contributed by atoms with Gasteiger partial charge >= 0.3 is 0 Å². The van der Waals surface area contributed by atoms with Gasteiger partial charge in [0.25, 0.3) is 0 Å². The molecule has 0 aromatic carbocycles. The van der Waals surface area contributed by atoms with Gasteiger partial charge in [-0.15, -0.1) is 0 Å². The monoisotopic (exact) mass is 291 g/mol. The first-order valence-corrected chi connectivity index (χ1v) is 7.67. The number of hydrogen-bond donors (Lipinski definition) is 2. The number of nitrogens with zero attached hydrogens (tertiary/aromatic N) is 3. The first-order valence-electron chi connectivity index (χ1n) is 7.67. The van der Waals surface area contributed by atoms with Gasteiger partial charge in [0.1, 0.15) is 23.5 Å². The van der Waals surface area contributed by atoms with Crippen molar-refractivity contribution in [2.75, 3.05) is 24.1 Å². The van der Waals surface area contributed by atoms with Gasteiger partial charge in [-0.1, -0.05) is 13.8 Å². The van der Waals surface area contributed by atoms with Crippen molar-refractivity contribution in [1.82, 2.24) is 14.9 Å². The Bertz CT molecular complexity index is 497. The van der Waals surface area contributed by atoms with Crippen molar-refractivity contribution in [3.05, 3.63) is 11.9 Å². The standard InChI is InChI=1S/C15H25N5O/c1-10(2)14-18-12(16)9-13(19-14)17-11(3)15(21)20-7-5-4-6-8-20/h9-11H,4-8H2,1-3H3,(H3,16,17,18,19). The molecule has 21 heavy (non-hydrogen) atoms. The van der Waals surface area contributed by atoms with Crippen LogP contribution in [0.3, 0.4) is 0 Å². The molecule has 6 heteroatoms. The van der Waals surface area contributed by atoms with Crippen molar-refractivity contribution >= 4 is 17.5 Å². The molecule has 3 N–H and O–H groups in total. The average Bonchev–Trinajstić information content (AvgIpc) is 2.46. The van der Waals surface area contributed by atoms with Gasteiger partial charge in [0, 0.05) is 25.1 Å². The fourth-order valence-electron chi connectivity index (χ4n) is 2.49. The Balaban J connectivity index is 2.04. The number of nitrogens with one attached hydrogen (secondary N) is 1. The lowest BCUT2D eigenvalue weighted by atomic mass is 10.1. The molecule has 1 fully saturated rings. The summed E-state index contributed by atoms with van der Waals surface area (Å²) in [5.74, 6) is 2.05. The summed E-state index contributed by atoms with van der Waals surface area (Å²) in [6.07, 6.45) is 3.40. The third kappa shape index (κ3) is 4.06. The molecular weight excluding hydrogens is 266 g/mol. The number of nitrogens with two attached hydrogens (primary N) is 1. The molecule has 0 aliphatic carbocycles. The second kappa shape index (κ2) is 6.74. The van der Waals surface area contributed by atoms with E-state index in [2.05, 4.69) is 15.3 Å². The fourth-order valence-corrected chi connectivity index (χ4v) is 2.49. The highest BCUT2D eigenvalue weighted by atomic mass is 16.2. The summed E-state index contributed by atoms with van der Waals surface area (Å²) in [6.45, 7) is 7.61. The highest BCUT2D eigenvalue weighted by Gasteiger charge is 2.22. The molecule has 2 heterocycles. The van der Waals surface area contributed by atoms with Crippen LogP contribution in [0.1, 0.15) is 51.8 Å². The van der Waals surface area contributed by atoms with Crippen molar-refractivity contribution in [2.24, 2.45) is 0 Å². The summed E-state index contributed by atoms with van der Waals surface area (Å²) in [5.41, 5.74) is 5.81. The molecule has 0 bridgehead atoms. The predicted molar refractivity (Wildman–Crippen MR) is 84.0 cm³/mol. The van der Waals surface area contributed by atoms with Crippen LogP contribution in [0.2, 0.25) is 0 Å². The van der Waals surface area contributed by atoms with Gasteiger partial charge in [0.05, 0.1) is 0 Å². The Labute approximate surface area is 126 Å². The highest BCUT2D eigenvalue weighted by molar-refractivity contribution is 5.84. The Morgan fingerprint density at radius 3 is 2.52 bits per heavy atom. The van der Waals surface area contributed by atoms with Crippen LogP contribution in [-0.2, 0) is 4.79 Å². The molecule has 116 valence electrons. The van der Waals surface area contributed by atoms with Gasteiger partial charge in [-0.2, -0.15) is 0 Å². The van der Waals surface area contributed by atoms with Crippen LogP contribution in [0, 0.1) is 0 Å². The number of nitrogen functional groups attached to an aromatic ring is 1. The van der Waals surface area contributed by atoms with E-state index in [1.807, 2.05) is 25.7 Å². The molecule has 1 amide bonds. The number of carbonyl (C=O) groups is 1. The molecule has 0 spiro atoms. The van der Waals surface area contributed by atoms with Crippen LogP contribution in [0.15, 0.2) is 6.07 Å². The van der Waals surface area contributed by atoms with E-state index in [1.165, 1.54) is 6.42 Å². The molecule has 6 nitrogen and oxygen atoms in total. The second-order valence-corrected chi connectivity index (χ2v) is 5.94. The number of anilines is 2. The van der Waals surface area contributed by atoms with E-state index in [0.29, 0.717) is 17.5 Å². The maximum atomic E-state index is 12.4. The maximum absolute atomic E-state index is 12.4. The van der Waals surface area contributed by atoms with Gasteiger partial charge in [-0.05, 0) is 26.2 Å². The summed E-state index contributed by atoms with van der Waals surface area (Å²) in [5, 5.41) is 3.15. The molecule has 2 rings (SSSR count). The number of likely N-dealkylation sites (tertiary alicyclic amines) is 1. The van der Waals surface area contributed by atoms with Crippen molar-refractivity contribution in [2.45, 2.75) is 52.0 Å². The van der Waals surface area contributed by atoms with Gasteiger partial charge in [-0.3, -0.25) is 4.79 Å². The maximum Gasteiger partial charge on any atom is 0.244 e. The molecule has 0 saturated carbocycles. The zero-order valence-corrected chi connectivity index (χ0v) is 13.1. The van der Waals surface area contributed by atoms with Crippen LogP contribution < -0.4 is 11.1 Å². The molecule has 1 unspecified atom stereocenters. The molecule has 1 atom stereocenters. The van der Waals surface area contributed by atoms with Crippen LogP contribution in [-0.4, -0.2) is 39.9 Å². The molecule has 1 aromatic heterocycles. The molecule has 1 aromatic rings. The Kier molecular flexibility index (Phi) is 4.98. The van der Waals surface area contributed by atoms with E-state index >= 15 is 0 Å². The van der Waals surface area contributed by atoms with Crippen LogP contribution in [0.25, 0.3) is 0 Å². The summed E-state index contributed by atoms with van der Waals surface area (Å²) < 4.78 is 0. The first-order chi connectivity index (χ1) is 9.97. The van der Waals surface area contributed by atoms with E-state index in [0.717, 1.165) is 25.9 Å². The minimum atomic E-state index is -0.308. The summed E-state index contributed by atoms with van der Waals surface area (Å²) in [7, 11) is 0. The third-order valence-electron chi connectivity index (χ3n) is 3.68. The number of rotatable bonds is 4. The van der Waals surface area contributed by atoms with Gasteiger partial charge < -0.3 is 16.0 Å². The van der Waals surface area contributed by atoms with E-state index < -0.39 is 0 Å². The van der Waals surface area contributed by atoms with Gasteiger partial charge in [0.15, 0.2) is 0 Å². The molecular formula is C15H25N5O. The Morgan fingerprint density at radius 2 is 1.90 bits per heavy atom. The lowest BCUT2D eigenvalue weighted by Gasteiger charge is -2.29. The largest absolute Gasteiger partial charge is 0.384 e. The van der Waals surface area contributed by atoms with Crippen LogP contribution >= 0.6 is 0 Å². The zero-order chi connectivity index (χ0) is 15.4. The first kappa shape index (κ1) is 15.5. The lowest BCUT2D eigenvalue weighted by Crippen LogP contribution is -2.44. The number of carbonyl (C=O) groups excluding carboxylic acids is 1. The van der Waals surface area contributed by atoms with Gasteiger partial charge in [0.2, 0.25) is 5.91 Å². The summed E-state index contributed by atoms with van der Waals surface area (Å²) in [6, 6.07) is 1.36. The minimum Gasteiger partial charge on any atom is -0.384 e. The van der Waals surface area contributed by atoms with E-state index in [-0.39, 0.29) is 17.9 Å². The molecule has 1 aliphatic heterocycles. The van der Waals surface area contributed by atoms with Crippen molar-refractivity contribution in [3.8, 4) is 0 Å². The molecule has 1 aliphatic rings. The number of amides is 1. The smallest absolute Gasteiger partial charge is 0.244 e. The van der Waals surface area contributed by atoms with E-state index in [4.69, 9.17) is 5.73 Å². The Morgan fingerprint density at radius 1 is 1.24 bits per heavy atom. The highest BCUT2D eigenvalue weighted by Crippen LogP contribution is 2.17. The number of piperidine rings is 1. The molecule has 1 saturated heterocycles. The minimum absolute atomic E-state index is 0.123. The van der Waals surface area contributed by atoms with Crippen LogP contribution in [0.5, 0.6) is 0 Å². The number of aromatic nitrogens is 2. The SMILES string of the molecule is CC(Nc1cc(N)nc(C(C)C)n1)C(=O)N1CCCCC1. The fraction of sp³-hybridized carbons (Fsp3) is 0.667. The van der Waals surface area contributed by atoms with Crippen molar-refractivity contribution < 1.29 is 4.79 Å². The summed E-state index contributed by atoms with van der Waals surface area (Å²) in [4.78, 5) is 23.0. The van der Waals surface area contributed by atoms with Crippen molar-refractivity contribution in [1.29, 1.82) is 0 Å². The zero-order valence-electron chi connectivity index (χ0n) is 13.1. The summed E-state index contributed by atoms with van der Waals surface area (Å²) >= 11 is 0. The normalized spacial score (nSPS) is 16.9. The van der Waals surface area contributed by atoms with E-state index in [1.54, 1.807) is 6.07 Å². The van der Waals surface area contributed by atoms with E-state index in [9.17, 15) is 4.79 Å². The molecule has 0 radical (unpaired) electrons. The van der Waals surface area contributed by atoms with Gasteiger partial charge in [-0.25, -0.2) is 9.97 Å². The Hall–Kier alpha value is -1.85. The quantitative estimate of drug-likeness (QED) is 0.886. The lowest BCUT2D eigenvalue weighted by molar-refractivity contribution is -0.132. The van der Waals surface area contributed by atoms with Crippen LogP contribution in [0.4, 0.5) is 11.6 Å². The number of hydrogen-bond acceptors (Lipinski definition) is 5. The third-order valence-corrected chi connectivity index (χ3v) is 3.68. The predicted octanol–water partition coefficient (Wildman–Crippen LogP) is 2.00.